The van der Waals surface area contributed by atoms with Crippen LogP contribution in [0.5, 0.6) is 0 Å². The third kappa shape index (κ3) is 3.79. The number of piperidine rings is 1. The van der Waals surface area contributed by atoms with E-state index in [2.05, 4.69) is 15.5 Å². The van der Waals surface area contributed by atoms with Crippen molar-refractivity contribution in [2.24, 2.45) is 0 Å². The summed E-state index contributed by atoms with van der Waals surface area (Å²) in [5.41, 5.74) is 0.106. The molecule has 7 nitrogen and oxygen atoms in total. The molecule has 1 aliphatic rings. The smallest absolute Gasteiger partial charge is 0.289 e. The van der Waals surface area contributed by atoms with E-state index < -0.39 is 11.7 Å². The molecule has 2 amide bonds. The minimum atomic E-state index is -0.505. The molecule has 1 aliphatic heterocycles. The van der Waals surface area contributed by atoms with Crippen molar-refractivity contribution in [1.82, 2.24) is 15.1 Å². The van der Waals surface area contributed by atoms with Gasteiger partial charge < -0.3 is 14.6 Å². The summed E-state index contributed by atoms with van der Waals surface area (Å²) in [6.45, 7) is 1.17. The summed E-state index contributed by atoms with van der Waals surface area (Å²) < 4.78 is 18.8. The molecule has 4 rings (SSSR count). The van der Waals surface area contributed by atoms with Gasteiger partial charge in [-0.25, -0.2) is 4.39 Å². The van der Waals surface area contributed by atoms with Crippen LogP contribution in [0.15, 0.2) is 47.1 Å². The average molecular weight is 400 g/mol. The highest BCUT2D eigenvalue weighted by Gasteiger charge is 2.28. The van der Waals surface area contributed by atoms with Crippen molar-refractivity contribution >= 4 is 28.8 Å². The third-order valence-electron chi connectivity index (χ3n) is 4.62. The Morgan fingerprint density at radius 2 is 1.93 bits per heavy atom. The Kier molecular flexibility index (Phi) is 5.16. The van der Waals surface area contributed by atoms with Crippen LogP contribution in [0.4, 0.5) is 10.1 Å². The number of hydrogen-bond donors (Lipinski definition) is 1. The zero-order chi connectivity index (χ0) is 19.5. The molecule has 1 aromatic carbocycles. The predicted octanol–water partition coefficient (Wildman–Crippen LogP) is 3.54. The molecule has 0 radical (unpaired) electrons. The predicted molar refractivity (Wildman–Crippen MR) is 101 cm³/mol. The highest BCUT2D eigenvalue weighted by Crippen LogP contribution is 2.31. The monoisotopic (exact) mass is 400 g/mol. The lowest BCUT2D eigenvalue weighted by Crippen LogP contribution is -2.37. The first-order valence-corrected chi connectivity index (χ1v) is 9.65. The Balaban J connectivity index is 1.37. The first-order chi connectivity index (χ1) is 13.6. The third-order valence-corrected chi connectivity index (χ3v) is 5.70. The van der Waals surface area contributed by atoms with E-state index in [9.17, 15) is 14.0 Å². The Hall–Kier alpha value is -3.07. The molecule has 2 aromatic heterocycles. The topological polar surface area (TPSA) is 88.3 Å². The van der Waals surface area contributed by atoms with Crippen LogP contribution in [-0.2, 0) is 0 Å². The van der Waals surface area contributed by atoms with Gasteiger partial charge in [-0.15, -0.1) is 10.2 Å². The molecule has 144 valence electrons. The molecule has 3 heterocycles. The number of rotatable bonds is 4. The summed E-state index contributed by atoms with van der Waals surface area (Å²) in [5, 5.41) is 11.5. The van der Waals surface area contributed by atoms with Crippen LogP contribution >= 0.6 is 11.3 Å². The zero-order valence-electron chi connectivity index (χ0n) is 14.8. The Bertz CT molecular complexity index is 981. The summed E-state index contributed by atoms with van der Waals surface area (Å²) in [6, 6.07) is 9.30. The lowest BCUT2D eigenvalue weighted by molar-refractivity contribution is 0.0680. The second-order valence-electron chi connectivity index (χ2n) is 6.42. The standard InChI is InChI=1S/C19H17FN4O3S/c20-13-4-1-2-5-14(13)21-16(25)18-23-22-17(28-18)12-7-9-24(10-8-12)19(26)15-6-3-11-27-15/h1-6,11-12H,7-10H2,(H,21,25). The first kappa shape index (κ1) is 18.3. The molecule has 1 saturated heterocycles. The van der Waals surface area contributed by atoms with Crippen LogP contribution in [0.25, 0.3) is 0 Å². The fraction of sp³-hybridized carbons (Fsp3) is 0.263. The maximum atomic E-state index is 13.7. The van der Waals surface area contributed by atoms with Crippen LogP contribution < -0.4 is 5.32 Å². The molecular weight excluding hydrogens is 383 g/mol. The van der Waals surface area contributed by atoms with Gasteiger partial charge in [-0.05, 0) is 37.1 Å². The van der Waals surface area contributed by atoms with Gasteiger partial charge in [-0.2, -0.15) is 0 Å². The number of aromatic nitrogens is 2. The van der Waals surface area contributed by atoms with E-state index in [1.54, 1.807) is 29.2 Å². The second-order valence-corrected chi connectivity index (χ2v) is 7.43. The molecule has 0 unspecified atom stereocenters. The number of nitrogens with one attached hydrogen (secondary N) is 1. The van der Waals surface area contributed by atoms with Gasteiger partial charge in [0.25, 0.3) is 11.8 Å². The Morgan fingerprint density at radius 1 is 1.14 bits per heavy atom. The molecule has 9 heteroatoms. The van der Waals surface area contributed by atoms with E-state index in [1.165, 1.54) is 29.7 Å². The van der Waals surface area contributed by atoms with Gasteiger partial charge in [0, 0.05) is 19.0 Å². The SMILES string of the molecule is O=C(Nc1ccccc1F)c1nnc(C2CCN(C(=O)c3ccco3)CC2)s1. The molecule has 0 bridgehead atoms. The number of nitrogens with zero attached hydrogens (tertiary/aromatic N) is 3. The maximum Gasteiger partial charge on any atom is 0.289 e. The van der Waals surface area contributed by atoms with Crippen molar-refractivity contribution < 1.29 is 18.4 Å². The minimum Gasteiger partial charge on any atom is -0.459 e. The first-order valence-electron chi connectivity index (χ1n) is 8.84. The molecular formula is C19H17FN4O3S. The number of para-hydroxylation sites is 1. The summed E-state index contributed by atoms with van der Waals surface area (Å²) in [4.78, 5) is 26.4. The summed E-state index contributed by atoms with van der Waals surface area (Å²) in [5.74, 6) is -0.645. The van der Waals surface area contributed by atoms with E-state index in [0.29, 0.717) is 18.8 Å². The lowest BCUT2D eigenvalue weighted by Gasteiger charge is -2.30. The molecule has 0 aliphatic carbocycles. The number of amides is 2. The summed E-state index contributed by atoms with van der Waals surface area (Å²) >= 11 is 1.20. The van der Waals surface area contributed by atoms with Crippen molar-refractivity contribution in [2.45, 2.75) is 18.8 Å². The molecule has 3 aromatic rings. The van der Waals surface area contributed by atoms with Crippen LogP contribution in [-0.4, -0.2) is 40.0 Å². The highest BCUT2D eigenvalue weighted by molar-refractivity contribution is 7.13. The maximum absolute atomic E-state index is 13.7. The van der Waals surface area contributed by atoms with Gasteiger partial charge in [0.1, 0.15) is 10.8 Å². The molecule has 28 heavy (non-hydrogen) atoms. The van der Waals surface area contributed by atoms with Gasteiger partial charge in [-0.3, -0.25) is 9.59 Å². The highest BCUT2D eigenvalue weighted by atomic mass is 32.1. The number of benzene rings is 1. The van der Waals surface area contributed by atoms with Crippen LogP contribution in [0.2, 0.25) is 0 Å². The van der Waals surface area contributed by atoms with Crippen molar-refractivity contribution in [3.63, 3.8) is 0 Å². The second kappa shape index (κ2) is 7.89. The Morgan fingerprint density at radius 3 is 2.64 bits per heavy atom. The number of carbonyl (C=O) groups excluding carboxylic acids is 2. The van der Waals surface area contributed by atoms with E-state index in [0.717, 1.165) is 17.8 Å². The van der Waals surface area contributed by atoms with E-state index in [4.69, 9.17) is 4.42 Å². The van der Waals surface area contributed by atoms with E-state index in [1.807, 2.05) is 0 Å². The van der Waals surface area contributed by atoms with Crippen LogP contribution in [0, 0.1) is 5.82 Å². The van der Waals surface area contributed by atoms with E-state index in [-0.39, 0.29) is 22.5 Å². The number of carbonyl (C=O) groups is 2. The van der Waals surface area contributed by atoms with Gasteiger partial charge in [-0.1, -0.05) is 23.5 Å². The fourth-order valence-corrected chi connectivity index (χ4v) is 4.02. The lowest BCUT2D eigenvalue weighted by atomic mass is 9.97. The van der Waals surface area contributed by atoms with Gasteiger partial charge in [0.2, 0.25) is 5.01 Å². The van der Waals surface area contributed by atoms with E-state index >= 15 is 0 Å². The van der Waals surface area contributed by atoms with Gasteiger partial charge >= 0.3 is 0 Å². The quantitative estimate of drug-likeness (QED) is 0.724. The van der Waals surface area contributed by atoms with Crippen LogP contribution in [0.1, 0.15) is 44.1 Å². The normalized spacial score (nSPS) is 14.8. The van der Waals surface area contributed by atoms with Crippen molar-refractivity contribution in [2.75, 3.05) is 18.4 Å². The Labute approximate surface area is 164 Å². The van der Waals surface area contributed by atoms with Crippen LogP contribution in [0.3, 0.4) is 0 Å². The fourth-order valence-electron chi connectivity index (χ4n) is 3.12. The molecule has 0 spiro atoms. The average Bonchev–Trinajstić information content (AvgIpc) is 3.42. The number of likely N-dealkylation sites (tertiary alicyclic amines) is 1. The zero-order valence-corrected chi connectivity index (χ0v) is 15.6. The number of furan rings is 1. The summed E-state index contributed by atoms with van der Waals surface area (Å²) in [7, 11) is 0. The van der Waals surface area contributed by atoms with Gasteiger partial charge in [0.15, 0.2) is 5.76 Å². The largest absolute Gasteiger partial charge is 0.459 e. The minimum absolute atomic E-state index is 0.106. The molecule has 1 N–H and O–H groups in total. The van der Waals surface area contributed by atoms with Crippen molar-refractivity contribution in [3.8, 4) is 0 Å². The van der Waals surface area contributed by atoms with Crippen molar-refractivity contribution in [3.05, 3.63) is 64.3 Å². The van der Waals surface area contributed by atoms with Crippen molar-refractivity contribution in [1.29, 1.82) is 0 Å². The molecule has 0 atom stereocenters. The van der Waals surface area contributed by atoms with Gasteiger partial charge in [0.05, 0.1) is 12.0 Å². The molecule has 0 saturated carbocycles. The number of anilines is 1. The molecule has 1 fully saturated rings. The number of halogens is 1. The number of hydrogen-bond acceptors (Lipinski definition) is 6. The summed E-state index contributed by atoms with van der Waals surface area (Å²) in [6.07, 6.45) is 2.95.